The fourth-order valence-corrected chi connectivity index (χ4v) is 7.30. The molecule has 1 heterocycles. The van der Waals surface area contributed by atoms with Gasteiger partial charge in [-0.05, 0) is 74.5 Å². The highest BCUT2D eigenvalue weighted by Crippen LogP contribution is 2.60. The van der Waals surface area contributed by atoms with E-state index in [1.54, 1.807) is 12.1 Å². The van der Waals surface area contributed by atoms with E-state index in [0.29, 0.717) is 17.3 Å². The summed E-state index contributed by atoms with van der Waals surface area (Å²) in [5.41, 5.74) is 0.877. The van der Waals surface area contributed by atoms with Gasteiger partial charge < -0.3 is 9.88 Å². The minimum atomic E-state index is -0.0771. The molecule has 1 amide bonds. The maximum Gasteiger partial charge on any atom is 0.234 e. The monoisotopic (exact) mass is 442 g/mol. The number of amides is 1. The molecule has 1 aromatic carbocycles. The molecule has 1 aromatic heterocycles. The van der Waals surface area contributed by atoms with Crippen molar-refractivity contribution >= 4 is 35.0 Å². The van der Waals surface area contributed by atoms with Crippen molar-refractivity contribution in [1.82, 2.24) is 14.8 Å². The van der Waals surface area contributed by atoms with Gasteiger partial charge in [0.1, 0.15) is 5.82 Å². The number of nitrogens with one attached hydrogen (secondary N) is 1. The summed E-state index contributed by atoms with van der Waals surface area (Å²) in [6, 6.07) is 7.19. The molecule has 0 saturated heterocycles. The average Bonchev–Trinajstić information content (AvgIpc) is 3.09. The summed E-state index contributed by atoms with van der Waals surface area (Å²) in [5.74, 6) is 3.88. The summed E-state index contributed by atoms with van der Waals surface area (Å²) >= 11 is 7.44. The van der Waals surface area contributed by atoms with Gasteiger partial charge in [-0.3, -0.25) is 4.79 Å². The van der Waals surface area contributed by atoms with Crippen LogP contribution in [0.15, 0.2) is 42.1 Å². The van der Waals surface area contributed by atoms with E-state index in [0.717, 1.165) is 28.7 Å². The first-order chi connectivity index (χ1) is 14.5. The van der Waals surface area contributed by atoms with Crippen LogP contribution in [0.1, 0.15) is 44.3 Å². The number of carbonyl (C=O) groups excluding carboxylic acids is 1. The van der Waals surface area contributed by atoms with E-state index in [9.17, 15) is 4.79 Å². The zero-order valence-corrected chi connectivity index (χ0v) is 18.6. The van der Waals surface area contributed by atoms with E-state index in [4.69, 9.17) is 16.7 Å². The van der Waals surface area contributed by atoms with E-state index >= 15 is 0 Å². The zero-order chi connectivity index (χ0) is 20.7. The molecule has 0 unspecified atom stereocenters. The lowest BCUT2D eigenvalue weighted by Crippen LogP contribution is -2.49. The second-order valence-corrected chi connectivity index (χ2v) is 10.6. The molecule has 0 atom stereocenters. The molecule has 7 heteroatoms. The van der Waals surface area contributed by atoms with Crippen molar-refractivity contribution < 1.29 is 4.79 Å². The minimum Gasteiger partial charge on any atom is -0.325 e. The van der Waals surface area contributed by atoms with Gasteiger partial charge in [-0.2, -0.15) is 0 Å². The van der Waals surface area contributed by atoms with Gasteiger partial charge in [-0.15, -0.1) is 16.8 Å². The Morgan fingerprint density at radius 1 is 1.23 bits per heavy atom. The molecule has 0 aliphatic heterocycles. The van der Waals surface area contributed by atoms with Crippen LogP contribution in [0.5, 0.6) is 0 Å². The molecule has 158 valence electrons. The van der Waals surface area contributed by atoms with Gasteiger partial charge in [0.05, 0.1) is 5.75 Å². The Labute approximate surface area is 186 Å². The summed E-state index contributed by atoms with van der Waals surface area (Å²) in [6.45, 7) is 4.63. The highest BCUT2D eigenvalue weighted by atomic mass is 35.5. The number of allylic oxidation sites excluding steroid dienone is 1. The van der Waals surface area contributed by atoms with Crippen LogP contribution in [-0.4, -0.2) is 26.4 Å². The number of carbonyl (C=O) groups is 1. The first-order valence-corrected chi connectivity index (χ1v) is 12.1. The van der Waals surface area contributed by atoms with E-state index in [1.807, 2.05) is 18.2 Å². The quantitative estimate of drug-likeness (QED) is 0.466. The lowest BCUT2D eigenvalue weighted by Gasteiger charge is -2.56. The van der Waals surface area contributed by atoms with Crippen molar-refractivity contribution in [3.63, 3.8) is 0 Å². The standard InChI is InChI=1S/C23H27ClN4OS/c1-2-6-28-21(23-11-15-7-16(12-23)9-17(8-15)13-23)26-27-22(28)30-14-20(29)25-19-5-3-4-18(24)10-19/h2-5,10,15-17H,1,6-9,11-14H2,(H,25,29). The lowest BCUT2D eigenvalue weighted by atomic mass is 9.49. The van der Waals surface area contributed by atoms with Crippen LogP contribution in [0.25, 0.3) is 0 Å². The average molecular weight is 443 g/mol. The summed E-state index contributed by atoms with van der Waals surface area (Å²) in [7, 11) is 0. The molecule has 0 spiro atoms. The molecule has 4 saturated carbocycles. The Bertz CT molecular complexity index is 937. The topological polar surface area (TPSA) is 59.8 Å². The summed E-state index contributed by atoms with van der Waals surface area (Å²) < 4.78 is 2.21. The Kier molecular flexibility index (Phi) is 5.40. The number of anilines is 1. The summed E-state index contributed by atoms with van der Waals surface area (Å²) in [6.07, 6.45) is 9.85. The van der Waals surface area contributed by atoms with Crippen molar-refractivity contribution in [2.24, 2.45) is 17.8 Å². The Hall–Kier alpha value is -1.79. The van der Waals surface area contributed by atoms with Gasteiger partial charge in [0.25, 0.3) is 0 Å². The van der Waals surface area contributed by atoms with Gasteiger partial charge in [0.2, 0.25) is 5.91 Å². The molecule has 4 aliphatic carbocycles. The van der Waals surface area contributed by atoms with Crippen LogP contribution < -0.4 is 5.32 Å². The molecule has 0 radical (unpaired) electrons. The number of hydrogen-bond donors (Lipinski definition) is 1. The van der Waals surface area contributed by atoms with E-state index in [-0.39, 0.29) is 17.1 Å². The van der Waals surface area contributed by atoms with E-state index < -0.39 is 0 Å². The van der Waals surface area contributed by atoms with E-state index in [1.165, 1.54) is 50.3 Å². The number of aromatic nitrogens is 3. The maximum absolute atomic E-state index is 12.4. The van der Waals surface area contributed by atoms with E-state index in [2.05, 4.69) is 21.6 Å². The predicted octanol–water partition coefficient (Wildman–Crippen LogP) is 5.32. The number of nitrogens with zero attached hydrogens (tertiary/aromatic N) is 3. The molecule has 5 nitrogen and oxygen atoms in total. The molecule has 1 N–H and O–H groups in total. The third kappa shape index (κ3) is 3.80. The third-order valence-corrected chi connectivity index (χ3v) is 8.18. The molecule has 4 bridgehead atoms. The zero-order valence-electron chi connectivity index (χ0n) is 17.0. The number of rotatable bonds is 7. The first-order valence-electron chi connectivity index (χ1n) is 10.8. The van der Waals surface area contributed by atoms with Gasteiger partial charge in [0.15, 0.2) is 5.16 Å². The van der Waals surface area contributed by atoms with Crippen molar-refractivity contribution in [3.8, 4) is 0 Å². The SMILES string of the molecule is C=CCn1c(SCC(=O)Nc2cccc(Cl)c2)nnc1C12CC3CC(CC(C3)C1)C2. The normalized spacial score (nSPS) is 29.2. The second kappa shape index (κ2) is 8.04. The molecular weight excluding hydrogens is 416 g/mol. The third-order valence-electron chi connectivity index (χ3n) is 6.98. The molecule has 6 rings (SSSR count). The van der Waals surface area contributed by atoms with Gasteiger partial charge >= 0.3 is 0 Å². The largest absolute Gasteiger partial charge is 0.325 e. The van der Waals surface area contributed by atoms with Crippen molar-refractivity contribution in [1.29, 1.82) is 0 Å². The number of benzene rings is 1. The van der Waals surface area contributed by atoms with Crippen LogP contribution in [0, 0.1) is 17.8 Å². The summed E-state index contributed by atoms with van der Waals surface area (Å²) in [5, 5.41) is 13.5. The Morgan fingerprint density at radius 3 is 2.57 bits per heavy atom. The van der Waals surface area contributed by atoms with Gasteiger partial charge in [-0.25, -0.2) is 0 Å². The van der Waals surface area contributed by atoms with Crippen molar-refractivity contribution in [2.75, 3.05) is 11.1 Å². The molecule has 4 aliphatic rings. The van der Waals surface area contributed by atoms with Crippen LogP contribution in [0.3, 0.4) is 0 Å². The molecule has 4 fully saturated rings. The van der Waals surface area contributed by atoms with Gasteiger partial charge in [0, 0.05) is 22.7 Å². The molecular formula is C23H27ClN4OS. The minimum absolute atomic E-state index is 0.0771. The van der Waals surface area contributed by atoms with Crippen molar-refractivity contribution in [3.05, 3.63) is 47.8 Å². The van der Waals surface area contributed by atoms with Crippen molar-refractivity contribution in [2.45, 2.75) is 55.6 Å². The van der Waals surface area contributed by atoms with Crippen LogP contribution in [0.2, 0.25) is 5.02 Å². The Balaban J connectivity index is 1.32. The predicted molar refractivity (Wildman–Crippen MR) is 121 cm³/mol. The molecule has 2 aromatic rings. The maximum atomic E-state index is 12.4. The lowest BCUT2D eigenvalue weighted by molar-refractivity contribution is -0.113. The smallest absolute Gasteiger partial charge is 0.234 e. The number of hydrogen-bond acceptors (Lipinski definition) is 4. The number of thioether (sulfide) groups is 1. The Morgan fingerprint density at radius 2 is 1.93 bits per heavy atom. The van der Waals surface area contributed by atoms with Crippen LogP contribution in [-0.2, 0) is 16.8 Å². The van der Waals surface area contributed by atoms with Crippen LogP contribution in [0.4, 0.5) is 5.69 Å². The highest BCUT2D eigenvalue weighted by molar-refractivity contribution is 7.99. The highest BCUT2D eigenvalue weighted by Gasteiger charge is 2.53. The first kappa shape index (κ1) is 20.1. The second-order valence-electron chi connectivity index (χ2n) is 9.25. The molecule has 30 heavy (non-hydrogen) atoms. The number of halogens is 1. The van der Waals surface area contributed by atoms with Gasteiger partial charge in [-0.1, -0.05) is 35.5 Å². The van der Waals surface area contributed by atoms with Crippen LogP contribution >= 0.6 is 23.4 Å². The summed E-state index contributed by atoms with van der Waals surface area (Å²) in [4.78, 5) is 12.4. The fourth-order valence-electron chi connectivity index (χ4n) is 6.36. The fraction of sp³-hybridized carbons (Fsp3) is 0.522.